The van der Waals surface area contributed by atoms with Crippen LogP contribution in [0.5, 0.6) is 0 Å². The molecule has 4 heteroatoms. The molecule has 0 saturated carbocycles. The highest BCUT2D eigenvalue weighted by Crippen LogP contribution is 2.25. The molecule has 138 valence electrons. The molecule has 1 heterocycles. The summed E-state index contributed by atoms with van der Waals surface area (Å²) in [5.74, 6) is 0.265. The number of likely N-dealkylation sites (tertiary alicyclic amines) is 1. The molecule has 1 aliphatic heterocycles. The van der Waals surface area contributed by atoms with E-state index in [1.165, 1.54) is 11.1 Å². The summed E-state index contributed by atoms with van der Waals surface area (Å²) in [4.78, 5) is 15.2. The number of hydrogen-bond donors (Lipinski definition) is 1. The smallest absolute Gasteiger partial charge is 0.227 e. The van der Waals surface area contributed by atoms with Crippen LogP contribution in [-0.4, -0.2) is 23.9 Å². The number of nitrogens with zero attached hydrogens (tertiary/aromatic N) is 1. The van der Waals surface area contributed by atoms with E-state index < -0.39 is 0 Å². The van der Waals surface area contributed by atoms with Crippen LogP contribution in [0, 0.1) is 12.8 Å². The number of halogens is 1. The fourth-order valence-electron chi connectivity index (χ4n) is 3.63. The van der Waals surface area contributed by atoms with Crippen LogP contribution in [0.4, 0.5) is 5.69 Å². The van der Waals surface area contributed by atoms with Crippen molar-refractivity contribution in [3.63, 3.8) is 0 Å². The summed E-state index contributed by atoms with van der Waals surface area (Å²) in [6, 6.07) is 14.2. The molecule has 0 aromatic heterocycles. The largest absolute Gasteiger partial charge is 0.325 e. The molecular formula is C22H27ClN2O. The van der Waals surface area contributed by atoms with Gasteiger partial charge in [0, 0.05) is 23.2 Å². The number of para-hydroxylation sites is 1. The zero-order valence-electron chi connectivity index (χ0n) is 15.6. The fraction of sp³-hybridized carbons (Fsp3) is 0.409. The topological polar surface area (TPSA) is 32.3 Å². The van der Waals surface area contributed by atoms with Crippen molar-refractivity contribution in [1.82, 2.24) is 4.90 Å². The summed E-state index contributed by atoms with van der Waals surface area (Å²) in [5.41, 5.74) is 4.62. The van der Waals surface area contributed by atoms with Gasteiger partial charge in [-0.25, -0.2) is 0 Å². The predicted octanol–water partition coefficient (Wildman–Crippen LogP) is 5.06. The van der Waals surface area contributed by atoms with Crippen molar-refractivity contribution in [3.8, 4) is 0 Å². The number of nitrogens with one attached hydrogen (secondary N) is 1. The quantitative estimate of drug-likeness (QED) is 0.797. The van der Waals surface area contributed by atoms with Gasteiger partial charge >= 0.3 is 0 Å². The number of carbonyl (C=O) groups excluding carboxylic acids is 1. The molecule has 0 atom stereocenters. The van der Waals surface area contributed by atoms with E-state index in [9.17, 15) is 4.79 Å². The molecule has 2 aromatic rings. The fourth-order valence-corrected chi connectivity index (χ4v) is 3.75. The highest BCUT2D eigenvalue weighted by atomic mass is 35.5. The van der Waals surface area contributed by atoms with Crippen LogP contribution in [0.15, 0.2) is 42.5 Å². The van der Waals surface area contributed by atoms with Crippen molar-refractivity contribution in [2.75, 3.05) is 18.4 Å². The minimum absolute atomic E-state index is 0.0979. The number of hydrogen-bond acceptors (Lipinski definition) is 2. The minimum atomic E-state index is 0.0979. The lowest BCUT2D eigenvalue weighted by atomic mass is 9.95. The maximum atomic E-state index is 12.7. The summed E-state index contributed by atoms with van der Waals surface area (Å²) in [5, 5.41) is 3.97. The Balaban J connectivity index is 1.55. The Morgan fingerprint density at radius 2 is 1.85 bits per heavy atom. The number of benzene rings is 2. The van der Waals surface area contributed by atoms with Crippen molar-refractivity contribution in [2.24, 2.45) is 5.92 Å². The molecule has 1 N–H and O–H groups in total. The lowest BCUT2D eigenvalue weighted by molar-refractivity contribution is -0.121. The average Bonchev–Trinajstić information content (AvgIpc) is 2.65. The monoisotopic (exact) mass is 370 g/mol. The van der Waals surface area contributed by atoms with E-state index >= 15 is 0 Å². The molecule has 26 heavy (non-hydrogen) atoms. The van der Waals surface area contributed by atoms with E-state index in [4.69, 9.17) is 11.6 Å². The second-order valence-corrected chi connectivity index (χ2v) is 7.57. The zero-order valence-corrected chi connectivity index (χ0v) is 16.4. The first-order chi connectivity index (χ1) is 12.6. The van der Waals surface area contributed by atoms with Crippen LogP contribution in [0.25, 0.3) is 0 Å². The van der Waals surface area contributed by atoms with Gasteiger partial charge in [0.25, 0.3) is 0 Å². The highest BCUT2D eigenvalue weighted by molar-refractivity contribution is 6.30. The summed E-state index contributed by atoms with van der Waals surface area (Å²) < 4.78 is 0. The third-order valence-corrected chi connectivity index (χ3v) is 5.52. The van der Waals surface area contributed by atoms with Crippen molar-refractivity contribution in [2.45, 2.75) is 39.7 Å². The van der Waals surface area contributed by atoms with Crippen molar-refractivity contribution >= 4 is 23.2 Å². The van der Waals surface area contributed by atoms with E-state index in [1.807, 2.05) is 12.1 Å². The Morgan fingerprint density at radius 1 is 1.15 bits per heavy atom. The Morgan fingerprint density at radius 3 is 2.50 bits per heavy atom. The van der Waals surface area contributed by atoms with Gasteiger partial charge in [-0.05, 0) is 68.1 Å². The van der Waals surface area contributed by atoms with Crippen LogP contribution >= 0.6 is 11.6 Å². The molecule has 2 aromatic carbocycles. The van der Waals surface area contributed by atoms with E-state index in [1.54, 1.807) is 0 Å². The first-order valence-corrected chi connectivity index (χ1v) is 9.80. The van der Waals surface area contributed by atoms with Gasteiger partial charge in [-0.1, -0.05) is 48.9 Å². The molecule has 3 rings (SSSR count). The Bertz CT molecular complexity index is 749. The standard InChI is InChI=1S/C22H27ClN2O/c1-3-18-6-4-5-16(2)21(18)24-22(26)19-11-13-25(14-12-19)15-17-7-9-20(23)10-8-17/h4-10,19H,3,11-15H2,1-2H3,(H,24,26). The molecule has 0 unspecified atom stereocenters. The van der Waals surface area contributed by atoms with Crippen LogP contribution in [-0.2, 0) is 17.8 Å². The van der Waals surface area contributed by atoms with E-state index in [-0.39, 0.29) is 11.8 Å². The van der Waals surface area contributed by atoms with Gasteiger partial charge in [0.05, 0.1) is 0 Å². The number of amides is 1. The third kappa shape index (κ3) is 4.66. The van der Waals surface area contributed by atoms with Gasteiger partial charge in [0.2, 0.25) is 5.91 Å². The minimum Gasteiger partial charge on any atom is -0.325 e. The molecule has 0 radical (unpaired) electrons. The molecule has 3 nitrogen and oxygen atoms in total. The predicted molar refractivity (Wildman–Crippen MR) is 109 cm³/mol. The van der Waals surface area contributed by atoms with Crippen LogP contribution in [0.2, 0.25) is 5.02 Å². The molecule has 1 amide bonds. The lowest BCUT2D eigenvalue weighted by Crippen LogP contribution is -2.37. The number of aryl methyl sites for hydroxylation is 2. The van der Waals surface area contributed by atoms with Gasteiger partial charge in [0.15, 0.2) is 0 Å². The number of anilines is 1. The molecule has 1 aliphatic rings. The molecule has 0 aliphatic carbocycles. The van der Waals surface area contributed by atoms with Crippen LogP contribution in [0.3, 0.4) is 0 Å². The first-order valence-electron chi connectivity index (χ1n) is 9.43. The van der Waals surface area contributed by atoms with E-state index in [0.717, 1.165) is 55.2 Å². The van der Waals surface area contributed by atoms with E-state index in [0.29, 0.717) is 0 Å². The van der Waals surface area contributed by atoms with E-state index in [2.05, 4.69) is 54.4 Å². The van der Waals surface area contributed by atoms with Gasteiger partial charge < -0.3 is 5.32 Å². The molecule has 1 saturated heterocycles. The second kappa shape index (κ2) is 8.70. The lowest BCUT2D eigenvalue weighted by Gasteiger charge is -2.31. The van der Waals surface area contributed by atoms with Crippen molar-refractivity contribution in [1.29, 1.82) is 0 Å². The Hall–Kier alpha value is -1.84. The number of piperidine rings is 1. The first kappa shape index (κ1) is 18.9. The van der Waals surface area contributed by atoms with Crippen LogP contribution in [0.1, 0.15) is 36.5 Å². The Labute approximate surface area is 161 Å². The second-order valence-electron chi connectivity index (χ2n) is 7.13. The van der Waals surface area contributed by atoms with Crippen molar-refractivity contribution < 1.29 is 4.79 Å². The van der Waals surface area contributed by atoms with Gasteiger partial charge in [0.1, 0.15) is 0 Å². The van der Waals surface area contributed by atoms with Gasteiger partial charge in [-0.15, -0.1) is 0 Å². The normalized spacial score (nSPS) is 15.8. The third-order valence-electron chi connectivity index (χ3n) is 5.27. The molecule has 1 fully saturated rings. The highest BCUT2D eigenvalue weighted by Gasteiger charge is 2.25. The van der Waals surface area contributed by atoms with Crippen LogP contribution < -0.4 is 5.32 Å². The maximum Gasteiger partial charge on any atom is 0.227 e. The van der Waals surface area contributed by atoms with Gasteiger partial charge in [-0.3, -0.25) is 9.69 Å². The summed E-state index contributed by atoms with van der Waals surface area (Å²) in [6.45, 7) is 7.01. The zero-order chi connectivity index (χ0) is 18.5. The maximum absolute atomic E-state index is 12.7. The molecule has 0 bridgehead atoms. The SMILES string of the molecule is CCc1cccc(C)c1NC(=O)C1CCN(Cc2ccc(Cl)cc2)CC1. The molecule has 0 spiro atoms. The summed E-state index contributed by atoms with van der Waals surface area (Å²) >= 11 is 5.95. The molecular weight excluding hydrogens is 344 g/mol. The van der Waals surface area contributed by atoms with Crippen molar-refractivity contribution in [3.05, 3.63) is 64.2 Å². The summed E-state index contributed by atoms with van der Waals surface area (Å²) in [7, 11) is 0. The summed E-state index contributed by atoms with van der Waals surface area (Å²) in [6.07, 6.45) is 2.75. The average molecular weight is 371 g/mol. The number of carbonyl (C=O) groups is 1. The Kier molecular flexibility index (Phi) is 6.33. The number of rotatable bonds is 5. The van der Waals surface area contributed by atoms with Gasteiger partial charge in [-0.2, -0.15) is 0 Å².